The van der Waals surface area contributed by atoms with Crippen molar-refractivity contribution in [3.05, 3.63) is 130 Å². The maximum absolute atomic E-state index is 14.0. The lowest BCUT2D eigenvalue weighted by molar-refractivity contribution is -0.136. The average molecular weight is 994 g/mol. The van der Waals surface area contributed by atoms with Crippen LogP contribution in [0.15, 0.2) is 97.6 Å². The number of aromatic amines is 1. The molecule has 18 nitrogen and oxygen atoms in total. The maximum atomic E-state index is 14.0. The molecule has 4 aliphatic rings. The van der Waals surface area contributed by atoms with Crippen LogP contribution in [0.1, 0.15) is 98.4 Å². The third-order valence-electron chi connectivity index (χ3n) is 13.7. The number of hydrogen-bond donors (Lipinski definition) is 3. The molecule has 0 saturated carbocycles. The van der Waals surface area contributed by atoms with E-state index in [4.69, 9.17) is 26.1 Å². The number of anilines is 2. The Hall–Kier alpha value is -7.70. The molecule has 19 heteroatoms. The first-order valence-electron chi connectivity index (χ1n) is 24.4. The smallest absolute Gasteiger partial charge is 0.262 e. The summed E-state index contributed by atoms with van der Waals surface area (Å²) in [6.45, 7) is 6.02. The molecular weight excluding hydrogens is 940 g/mol. The summed E-state index contributed by atoms with van der Waals surface area (Å²) in [5, 5.41) is 6.53. The summed E-state index contributed by atoms with van der Waals surface area (Å²) < 4.78 is 11.8. The van der Waals surface area contributed by atoms with Crippen molar-refractivity contribution in [2.45, 2.75) is 63.5 Å². The van der Waals surface area contributed by atoms with Gasteiger partial charge in [-0.05, 0) is 93.2 Å². The number of unbranched alkanes of at least 4 members (excludes halogenated alkanes) is 3. The SMILES string of the molecule is O=C1CCC(N2C(=O)c3ccc(OCCCCCCN4CCN(c5ccc(C(=O)N6CCC[C@@H](Nc7ncnc8[nH]cc(C(=O)c9ccc(Oc%10ccccc%10)cc9Cl)c78)C6)cn5)CC4)cc3C2=O)C(=O)N1. The van der Waals surface area contributed by atoms with Crippen molar-refractivity contribution >= 4 is 69.6 Å². The molecule has 0 bridgehead atoms. The number of ether oxygens (including phenoxy) is 2. The fourth-order valence-corrected chi connectivity index (χ4v) is 10.1. The predicted molar refractivity (Wildman–Crippen MR) is 268 cm³/mol. The number of benzene rings is 3. The van der Waals surface area contributed by atoms with E-state index in [-0.39, 0.29) is 46.7 Å². The van der Waals surface area contributed by atoms with E-state index in [1.54, 1.807) is 48.8 Å². The lowest BCUT2D eigenvalue weighted by atomic mass is 10.0. The van der Waals surface area contributed by atoms with Gasteiger partial charge in [0.05, 0.1) is 39.3 Å². The number of fused-ring (bicyclic) bond motifs is 2. The van der Waals surface area contributed by atoms with Crippen LogP contribution in [0.3, 0.4) is 0 Å². The number of para-hydroxylation sites is 1. The Morgan fingerprint density at radius 3 is 2.38 bits per heavy atom. The van der Waals surface area contributed by atoms with Crippen LogP contribution in [-0.4, -0.2) is 134 Å². The molecule has 2 atom stereocenters. The molecule has 3 saturated heterocycles. The lowest BCUT2D eigenvalue weighted by Crippen LogP contribution is -2.54. The molecule has 370 valence electrons. The molecule has 0 aliphatic carbocycles. The lowest BCUT2D eigenvalue weighted by Gasteiger charge is -2.35. The summed E-state index contributed by atoms with van der Waals surface area (Å²) in [6.07, 6.45) is 10.4. The fourth-order valence-electron chi connectivity index (χ4n) is 9.84. The maximum Gasteiger partial charge on any atom is 0.262 e. The van der Waals surface area contributed by atoms with Crippen LogP contribution in [0, 0.1) is 0 Å². The van der Waals surface area contributed by atoms with Crippen molar-refractivity contribution < 1.29 is 38.2 Å². The van der Waals surface area contributed by atoms with Crippen LogP contribution in [0.5, 0.6) is 17.2 Å². The molecule has 0 spiro atoms. The number of imide groups is 2. The van der Waals surface area contributed by atoms with Crippen LogP contribution in [0.25, 0.3) is 11.0 Å². The summed E-state index contributed by atoms with van der Waals surface area (Å²) in [5.41, 5.74) is 2.15. The Morgan fingerprint density at radius 2 is 1.58 bits per heavy atom. The Morgan fingerprint density at radius 1 is 0.778 bits per heavy atom. The van der Waals surface area contributed by atoms with E-state index < -0.39 is 29.7 Å². The van der Waals surface area contributed by atoms with E-state index in [0.29, 0.717) is 70.5 Å². The van der Waals surface area contributed by atoms with Crippen LogP contribution < -0.4 is 25.0 Å². The second kappa shape index (κ2) is 21.3. The van der Waals surface area contributed by atoms with Crippen LogP contribution in [0.2, 0.25) is 5.02 Å². The Balaban J connectivity index is 0.650. The van der Waals surface area contributed by atoms with Crippen molar-refractivity contribution in [1.82, 2.24) is 40.0 Å². The summed E-state index contributed by atoms with van der Waals surface area (Å²) in [7, 11) is 0. The van der Waals surface area contributed by atoms with Gasteiger partial charge in [0.25, 0.3) is 17.7 Å². The zero-order chi connectivity index (χ0) is 49.7. The highest BCUT2D eigenvalue weighted by atomic mass is 35.5. The number of hydrogen-bond acceptors (Lipinski definition) is 14. The van der Waals surface area contributed by atoms with E-state index in [1.165, 1.54) is 6.33 Å². The van der Waals surface area contributed by atoms with E-state index in [9.17, 15) is 28.8 Å². The van der Waals surface area contributed by atoms with Crippen molar-refractivity contribution in [3.8, 4) is 17.2 Å². The second-order valence-corrected chi connectivity index (χ2v) is 18.8. The number of rotatable bonds is 17. The van der Waals surface area contributed by atoms with Gasteiger partial charge < -0.3 is 29.6 Å². The second-order valence-electron chi connectivity index (χ2n) is 18.4. The number of amides is 5. The average Bonchev–Trinajstić information content (AvgIpc) is 3.94. The van der Waals surface area contributed by atoms with Gasteiger partial charge in [-0.3, -0.25) is 43.9 Å². The number of aromatic nitrogens is 4. The summed E-state index contributed by atoms with van der Waals surface area (Å²) in [6, 6.07) is 21.8. The highest BCUT2D eigenvalue weighted by Crippen LogP contribution is 2.33. The molecule has 3 N–H and O–H groups in total. The van der Waals surface area contributed by atoms with Gasteiger partial charge in [-0.25, -0.2) is 15.0 Å². The van der Waals surface area contributed by atoms with E-state index in [1.807, 2.05) is 47.4 Å². The first kappa shape index (κ1) is 48.0. The quantitative estimate of drug-likeness (QED) is 0.0482. The molecule has 3 fully saturated rings. The first-order valence-corrected chi connectivity index (χ1v) is 24.8. The van der Waals surface area contributed by atoms with Crippen molar-refractivity contribution in [1.29, 1.82) is 0 Å². The minimum Gasteiger partial charge on any atom is -0.494 e. The molecule has 3 aromatic heterocycles. The van der Waals surface area contributed by atoms with E-state index >= 15 is 0 Å². The Labute approximate surface area is 420 Å². The van der Waals surface area contributed by atoms with Gasteiger partial charge in [-0.15, -0.1) is 0 Å². The molecule has 5 amide bonds. The Bertz CT molecular complexity index is 3030. The topological polar surface area (TPSA) is 212 Å². The number of nitrogens with one attached hydrogen (secondary N) is 3. The molecule has 6 aromatic rings. The Kier molecular flexibility index (Phi) is 14.2. The molecule has 7 heterocycles. The zero-order valence-corrected chi connectivity index (χ0v) is 40.2. The van der Waals surface area contributed by atoms with E-state index in [0.717, 1.165) is 82.0 Å². The number of pyridine rings is 1. The zero-order valence-electron chi connectivity index (χ0n) is 39.5. The number of piperidine rings is 2. The molecule has 3 aromatic carbocycles. The molecule has 0 radical (unpaired) electrons. The number of halogens is 1. The third-order valence-corrected chi connectivity index (χ3v) is 14.0. The third kappa shape index (κ3) is 10.4. The highest BCUT2D eigenvalue weighted by molar-refractivity contribution is 6.36. The van der Waals surface area contributed by atoms with Gasteiger partial charge in [-0.2, -0.15) is 0 Å². The number of piperazine rings is 1. The minimum absolute atomic E-state index is 0.0697. The number of carbonyl (C=O) groups excluding carboxylic acids is 6. The number of nitrogens with zero attached hydrogens (tertiary/aromatic N) is 7. The largest absolute Gasteiger partial charge is 0.494 e. The molecule has 10 rings (SSSR count). The summed E-state index contributed by atoms with van der Waals surface area (Å²) >= 11 is 6.65. The van der Waals surface area contributed by atoms with Gasteiger partial charge in [0.2, 0.25) is 11.8 Å². The van der Waals surface area contributed by atoms with Gasteiger partial charge in [0.15, 0.2) is 5.78 Å². The van der Waals surface area contributed by atoms with Crippen molar-refractivity contribution in [3.63, 3.8) is 0 Å². The van der Waals surface area contributed by atoms with Crippen LogP contribution in [0.4, 0.5) is 11.6 Å². The first-order chi connectivity index (χ1) is 35.1. The van der Waals surface area contributed by atoms with E-state index in [2.05, 4.69) is 35.4 Å². The van der Waals surface area contributed by atoms with Gasteiger partial charge in [0, 0.05) is 75.8 Å². The molecule has 1 unspecified atom stereocenters. The van der Waals surface area contributed by atoms with Crippen molar-refractivity contribution in [2.75, 3.05) is 62.6 Å². The number of H-pyrrole nitrogens is 1. The summed E-state index contributed by atoms with van der Waals surface area (Å²) in [5.74, 6) is 0.480. The van der Waals surface area contributed by atoms with Crippen LogP contribution in [-0.2, 0) is 9.59 Å². The van der Waals surface area contributed by atoms with Gasteiger partial charge in [-0.1, -0.05) is 42.6 Å². The fraction of sp³-hybridized carbons (Fsp3) is 0.340. The van der Waals surface area contributed by atoms with Gasteiger partial charge >= 0.3 is 0 Å². The number of ketones is 1. The van der Waals surface area contributed by atoms with Gasteiger partial charge in [0.1, 0.15) is 46.9 Å². The highest BCUT2D eigenvalue weighted by Gasteiger charge is 2.45. The van der Waals surface area contributed by atoms with Crippen molar-refractivity contribution in [2.24, 2.45) is 0 Å². The minimum atomic E-state index is -1.00. The molecule has 4 aliphatic heterocycles. The molecule has 72 heavy (non-hydrogen) atoms. The number of likely N-dealkylation sites (tertiary alicyclic amines) is 1. The normalized spacial score (nSPS) is 18.3. The number of carbonyl (C=O) groups is 6. The molecular formula is C53H53ClN10O8. The standard InChI is InChI=1S/C53H53ClN10O8/c54-42-28-37(72-35-10-4-3-5-11-35)14-16-39(42)47(66)41-30-56-48-46(41)49(58-32-57-48)59-34-9-8-21-63(31-34)51(68)33-12-18-44(55-29-33)62-24-22-61(23-25-62)20-6-1-2-7-26-71-36-13-15-38-40(27-36)53(70)64(52(38)69)43-17-19-45(65)60-50(43)67/h3-5,10-16,18,27-30,32,34,43H,1-2,6-9,17,19-26,31H2,(H,60,65,67)(H2,56,57,58,59)/t34-,43?/m1/s1. The predicted octanol–water partition coefficient (Wildman–Crippen LogP) is 6.91. The summed E-state index contributed by atoms with van der Waals surface area (Å²) in [4.78, 5) is 102. The monoisotopic (exact) mass is 992 g/mol. The van der Waals surface area contributed by atoms with Crippen LogP contribution >= 0.6 is 11.6 Å².